The summed E-state index contributed by atoms with van der Waals surface area (Å²) in [5.41, 5.74) is 8.91. The molecular weight excluding hydrogens is 635 g/mol. The van der Waals surface area contributed by atoms with E-state index in [1.54, 1.807) is 0 Å². The van der Waals surface area contributed by atoms with Crippen LogP contribution in [0.2, 0.25) is 0 Å². The molecule has 10 rings (SSSR count). The molecule has 1 N–H and O–H groups in total. The molecule has 1 aliphatic heterocycles. The molecule has 52 heavy (non-hydrogen) atoms. The van der Waals surface area contributed by atoms with Gasteiger partial charge in [0.05, 0.1) is 5.92 Å². The van der Waals surface area contributed by atoms with Crippen molar-refractivity contribution in [2.45, 2.75) is 19.0 Å². The average Bonchev–Trinajstić information content (AvgIpc) is 3.60. The summed E-state index contributed by atoms with van der Waals surface area (Å²) in [5.74, 6) is 2.57. The van der Waals surface area contributed by atoms with E-state index < -0.39 is 0 Å². The highest BCUT2D eigenvalue weighted by Crippen LogP contribution is 2.47. The molecule has 0 fully saturated rings. The van der Waals surface area contributed by atoms with Gasteiger partial charge >= 0.3 is 0 Å². The predicted molar refractivity (Wildman–Crippen MR) is 216 cm³/mol. The standard InChI is InChI=1S/C48H35N3O/c1-30-23-28-42-45(43(30)48-50-46(33-16-6-3-7-17-33)49-47(51-48)35-25-24-31-13-8-9-18-34(31)29-35)44-40(21-12-22-41(44)52-42)39-27-26-36(32-14-4-2-5-15-32)37-19-10-11-20-38(37)39/h2-30,43,46H,1H3,(H,49,50,51). The minimum Gasteiger partial charge on any atom is -0.456 e. The maximum absolute atomic E-state index is 6.70. The molecule has 4 nitrogen and oxygen atoms in total. The molecule has 0 saturated carbocycles. The minimum atomic E-state index is -0.288. The number of nitrogens with zero attached hydrogens (tertiary/aromatic N) is 2. The van der Waals surface area contributed by atoms with Crippen LogP contribution in [0, 0.1) is 5.92 Å². The lowest BCUT2D eigenvalue weighted by Gasteiger charge is -2.32. The number of amidine groups is 2. The molecule has 3 unspecified atom stereocenters. The molecule has 248 valence electrons. The smallest absolute Gasteiger partial charge is 0.159 e. The van der Waals surface area contributed by atoms with E-state index in [1.165, 1.54) is 38.2 Å². The van der Waals surface area contributed by atoms with Gasteiger partial charge in [0.2, 0.25) is 0 Å². The van der Waals surface area contributed by atoms with E-state index in [9.17, 15) is 0 Å². The number of furan rings is 1. The highest BCUT2D eigenvalue weighted by molar-refractivity contribution is 6.14. The Hall–Kier alpha value is -6.52. The summed E-state index contributed by atoms with van der Waals surface area (Å²) < 4.78 is 6.70. The van der Waals surface area contributed by atoms with Gasteiger partial charge in [0.25, 0.3) is 0 Å². The van der Waals surface area contributed by atoms with E-state index in [1.807, 2.05) is 6.07 Å². The van der Waals surface area contributed by atoms with Crippen molar-refractivity contribution in [3.8, 4) is 22.3 Å². The van der Waals surface area contributed by atoms with Gasteiger partial charge in [-0.2, -0.15) is 0 Å². The summed E-state index contributed by atoms with van der Waals surface area (Å²) in [5, 5.41) is 9.74. The lowest BCUT2D eigenvalue weighted by atomic mass is 9.79. The van der Waals surface area contributed by atoms with E-state index >= 15 is 0 Å². The first-order valence-electron chi connectivity index (χ1n) is 18.0. The molecule has 7 aromatic carbocycles. The molecule has 0 bridgehead atoms. The summed E-state index contributed by atoms with van der Waals surface area (Å²) in [6.45, 7) is 2.28. The lowest BCUT2D eigenvalue weighted by molar-refractivity contribution is 0.560. The Bertz CT molecular complexity index is 2740. The average molecular weight is 670 g/mol. The Morgan fingerprint density at radius 2 is 1.31 bits per heavy atom. The van der Waals surface area contributed by atoms with Crippen LogP contribution in [0.4, 0.5) is 0 Å². The maximum atomic E-state index is 6.70. The summed E-state index contributed by atoms with van der Waals surface area (Å²) in [7, 11) is 0. The zero-order valence-electron chi connectivity index (χ0n) is 28.7. The van der Waals surface area contributed by atoms with Gasteiger partial charge in [-0.1, -0.05) is 159 Å². The first-order valence-corrected chi connectivity index (χ1v) is 18.0. The van der Waals surface area contributed by atoms with Crippen LogP contribution in [-0.4, -0.2) is 11.7 Å². The summed E-state index contributed by atoms with van der Waals surface area (Å²) in [6.07, 6.45) is 4.11. The van der Waals surface area contributed by atoms with Crippen LogP contribution in [0.15, 0.2) is 178 Å². The van der Waals surface area contributed by atoms with Crippen molar-refractivity contribution in [2.75, 3.05) is 0 Å². The van der Waals surface area contributed by atoms with Crippen LogP contribution in [0.5, 0.6) is 0 Å². The first kappa shape index (κ1) is 30.3. The fourth-order valence-corrected chi connectivity index (χ4v) is 8.14. The Balaban J connectivity index is 1.16. The van der Waals surface area contributed by atoms with E-state index in [0.29, 0.717) is 0 Å². The van der Waals surface area contributed by atoms with Gasteiger partial charge < -0.3 is 9.73 Å². The van der Waals surface area contributed by atoms with E-state index in [2.05, 4.69) is 176 Å². The van der Waals surface area contributed by atoms with Gasteiger partial charge in [-0.25, -0.2) is 9.98 Å². The first-order chi connectivity index (χ1) is 25.7. The SMILES string of the molecule is CC1C=Cc2oc3cccc(-c4ccc(-c5ccccc5)c5ccccc45)c3c2C1C1=NC(c2ccc3ccccc3c2)=NC(c2ccccc2)N1. The number of allylic oxidation sites excluding steroid dienone is 1. The van der Waals surface area contributed by atoms with Crippen LogP contribution in [0.1, 0.15) is 41.5 Å². The Morgan fingerprint density at radius 3 is 2.13 bits per heavy atom. The van der Waals surface area contributed by atoms with Crippen LogP contribution < -0.4 is 5.32 Å². The van der Waals surface area contributed by atoms with E-state index in [0.717, 1.165) is 50.7 Å². The monoisotopic (exact) mass is 669 g/mol. The molecule has 0 spiro atoms. The van der Waals surface area contributed by atoms with Crippen molar-refractivity contribution < 1.29 is 4.42 Å². The van der Waals surface area contributed by atoms with Crippen molar-refractivity contribution in [1.82, 2.24) is 5.32 Å². The van der Waals surface area contributed by atoms with Crippen molar-refractivity contribution in [3.63, 3.8) is 0 Å². The largest absolute Gasteiger partial charge is 0.456 e. The second-order valence-corrected chi connectivity index (χ2v) is 13.8. The van der Waals surface area contributed by atoms with Gasteiger partial charge in [0.1, 0.15) is 23.3 Å². The number of hydrogen-bond acceptors (Lipinski definition) is 4. The Kier molecular flexibility index (Phi) is 7.21. The van der Waals surface area contributed by atoms with Gasteiger partial charge in [-0.3, -0.25) is 0 Å². The Morgan fingerprint density at radius 1 is 0.596 bits per heavy atom. The molecule has 8 aromatic rings. The normalized spacial score (nSPS) is 18.2. The zero-order chi connectivity index (χ0) is 34.6. The zero-order valence-corrected chi connectivity index (χ0v) is 28.7. The number of rotatable bonds is 5. The molecule has 2 aliphatic rings. The summed E-state index contributed by atoms with van der Waals surface area (Å²) in [4.78, 5) is 10.6. The third-order valence-electron chi connectivity index (χ3n) is 10.6. The molecule has 3 atom stereocenters. The maximum Gasteiger partial charge on any atom is 0.159 e. The van der Waals surface area contributed by atoms with Crippen molar-refractivity contribution in [1.29, 1.82) is 0 Å². The van der Waals surface area contributed by atoms with Gasteiger partial charge in [-0.15, -0.1) is 0 Å². The van der Waals surface area contributed by atoms with Gasteiger partial charge in [-0.05, 0) is 73.5 Å². The van der Waals surface area contributed by atoms with Crippen LogP contribution in [-0.2, 0) is 0 Å². The number of hydrogen-bond donors (Lipinski definition) is 1. The predicted octanol–water partition coefficient (Wildman–Crippen LogP) is 12.0. The van der Waals surface area contributed by atoms with Crippen molar-refractivity contribution >= 4 is 50.3 Å². The molecule has 0 saturated heterocycles. The molecule has 4 heteroatoms. The van der Waals surface area contributed by atoms with E-state index in [4.69, 9.17) is 14.4 Å². The van der Waals surface area contributed by atoms with Crippen molar-refractivity contribution in [3.05, 3.63) is 186 Å². The Labute approximate surface area is 302 Å². The second kappa shape index (κ2) is 12.4. The lowest BCUT2D eigenvalue weighted by Crippen LogP contribution is -2.39. The molecule has 1 aromatic heterocycles. The quantitative estimate of drug-likeness (QED) is 0.198. The van der Waals surface area contributed by atoms with Crippen LogP contribution in [0.25, 0.3) is 60.8 Å². The molecule has 0 amide bonds. The number of aliphatic imine (C=N–C) groups is 2. The van der Waals surface area contributed by atoms with Crippen LogP contribution in [0.3, 0.4) is 0 Å². The molecule has 2 heterocycles. The molecule has 0 radical (unpaired) electrons. The third-order valence-corrected chi connectivity index (χ3v) is 10.6. The van der Waals surface area contributed by atoms with Crippen LogP contribution >= 0.6 is 0 Å². The van der Waals surface area contributed by atoms with E-state index in [-0.39, 0.29) is 18.0 Å². The minimum absolute atomic E-state index is 0.0885. The number of nitrogens with one attached hydrogen (secondary N) is 1. The van der Waals surface area contributed by atoms with Crippen molar-refractivity contribution in [2.24, 2.45) is 15.9 Å². The van der Waals surface area contributed by atoms with Gasteiger partial charge in [0.15, 0.2) is 5.84 Å². The highest BCUT2D eigenvalue weighted by Gasteiger charge is 2.36. The summed E-state index contributed by atoms with van der Waals surface area (Å²) >= 11 is 0. The third kappa shape index (κ3) is 5.06. The van der Waals surface area contributed by atoms with Gasteiger partial charge in [0, 0.05) is 16.5 Å². The summed E-state index contributed by atoms with van der Waals surface area (Å²) in [6, 6.07) is 55.8. The topological polar surface area (TPSA) is 49.9 Å². The fraction of sp³-hybridized carbons (Fsp3) is 0.0833. The fourth-order valence-electron chi connectivity index (χ4n) is 8.14. The molecule has 1 aliphatic carbocycles. The highest BCUT2D eigenvalue weighted by atomic mass is 16.3. The number of fused-ring (bicyclic) bond motifs is 5. The molecular formula is C48H35N3O. The second-order valence-electron chi connectivity index (χ2n) is 13.8. The number of benzene rings is 7.